The lowest BCUT2D eigenvalue weighted by Crippen LogP contribution is -2.29. The van der Waals surface area contributed by atoms with Crippen LogP contribution < -0.4 is 5.32 Å². The molecule has 0 saturated heterocycles. The van der Waals surface area contributed by atoms with Crippen molar-refractivity contribution in [3.63, 3.8) is 0 Å². The number of aryl methyl sites for hydroxylation is 2. The zero-order chi connectivity index (χ0) is 35.5. The molecule has 3 aromatic rings. The highest BCUT2D eigenvalue weighted by molar-refractivity contribution is 6.17. The maximum atomic E-state index is 4.33. The van der Waals surface area contributed by atoms with Crippen LogP contribution in [-0.2, 0) is 0 Å². The molecule has 49 heavy (non-hydrogen) atoms. The van der Waals surface area contributed by atoms with Crippen molar-refractivity contribution in [3.05, 3.63) is 167 Å². The van der Waals surface area contributed by atoms with Crippen LogP contribution in [0.25, 0.3) is 32.7 Å². The van der Waals surface area contributed by atoms with Gasteiger partial charge in [-0.05, 0) is 120 Å². The first-order valence-electron chi connectivity index (χ1n) is 18.1. The van der Waals surface area contributed by atoms with Crippen molar-refractivity contribution in [2.75, 3.05) is 0 Å². The number of nitrogens with one attached hydrogen (secondary N) is 1. The first-order chi connectivity index (χ1) is 23.6. The molecule has 254 valence electrons. The van der Waals surface area contributed by atoms with Crippen LogP contribution in [0.15, 0.2) is 145 Å². The van der Waals surface area contributed by atoms with Gasteiger partial charge < -0.3 is 5.32 Å². The lowest BCUT2D eigenvalue weighted by molar-refractivity contribution is 0.559. The molecule has 1 N–H and O–H groups in total. The first-order valence-corrected chi connectivity index (χ1v) is 18.1. The summed E-state index contributed by atoms with van der Waals surface area (Å²) in [5.41, 5.74) is 11.3. The van der Waals surface area contributed by atoms with E-state index in [9.17, 15) is 0 Å². The van der Waals surface area contributed by atoms with Crippen molar-refractivity contribution in [1.82, 2.24) is 5.32 Å². The fraction of sp³-hybridized carbons (Fsp3) is 0.292. The molecule has 1 aliphatic heterocycles. The highest BCUT2D eigenvalue weighted by Crippen LogP contribution is 2.42. The van der Waals surface area contributed by atoms with Gasteiger partial charge in [0.2, 0.25) is 0 Å². The minimum absolute atomic E-state index is 0.278. The lowest BCUT2D eigenvalue weighted by atomic mass is 9.83. The van der Waals surface area contributed by atoms with Crippen molar-refractivity contribution >= 4 is 32.7 Å². The Morgan fingerprint density at radius 2 is 1.39 bits per heavy atom. The van der Waals surface area contributed by atoms with Crippen molar-refractivity contribution in [2.24, 2.45) is 11.8 Å². The summed E-state index contributed by atoms with van der Waals surface area (Å²) in [5, 5.41) is 8.58. The Bertz CT molecular complexity index is 1940. The first kappa shape index (κ1) is 37.2. The maximum Gasteiger partial charge on any atom is 0.0502 e. The van der Waals surface area contributed by atoms with Crippen LogP contribution in [0.1, 0.15) is 83.6 Å². The molecule has 0 amide bonds. The smallest absolute Gasteiger partial charge is 0.0502 e. The predicted octanol–water partition coefficient (Wildman–Crippen LogP) is 13.6. The monoisotopic (exact) mass is 647 g/mol. The van der Waals surface area contributed by atoms with Crippen molar-refractivity contribution in [2.45, 2.75) is 81.2 Å². The van der Waals surface area contributed by atoms with E-state index in [1.165, 1.54) is 66.1 Å². The standard InChI is InChI=1S/C48H57N/c1-11-33(4)18-14-15-19-37(8)38(9)23-25-40(13-3)47-42-27-21-36(7)32-45(42)48(43-28-22-35(6)31-44(43)47)41(30-34(5)12-2)26-24-39(10)46-20-16-17-29-49-46/h13-32,34,39,46,49H,3,11-12H2,1-2,4-10H3/b15-14-,26-24-,33-18+,37-19+,38-23+,40-25+,41-30+. The number of rotatable bonds is 13. The van der Waals surface area contributed by atoms with Crippen molar-refractivity contribution in [3.8, 4) is 0 Å². The van der Waals surface area contributed by atoms with Crippen LogP contribution in [0.3, 0.4) is 0 Å². The summed E-state index contributed by atoms with van der Waals surface area (Å²) >= 11 is 0. The highest BCUT2D eigenvalue weighted by Gasteiger charge is 2.19. The summed E-state index contributed by atoms with van der Waals surface area (Å²) in [6.07, 6.45) is 33.0. The van der Waals surface area contributed by atoms with E-state index in [2.05, 4.69) is 184 Å². The number of benzene rings is 3. The fourth-order valence-corrected chi connectivity index (χ4v) is 6.16. The van der Waals surface area contributed by atoms with E-state index in [0.717, 1.165) is 18.4 Å². The number of hydrogen-bond donors (Lipinski definition) is 1. The Hall–Kier alpha value is -4.62. The summed E-state index contributed by atoms with van der Waals surface area (Å²) in [6, 6.07) is 14.2. The van der Waals surface area contributed by atoms with E-state index in [-0.39, 0.29) is 6.04 Å². The van der Waals surface area contributed by atoms with E-state index in [0.29, 0.717) is 11.8 Å². The van der Waals surface area contributed by atoms with Crippen LogP contribution in [0.5, 0.6) is 0 Å². The van der Waals surface area contributed by atoms with E-state index in [4.69, 9.17) is 0 Å². The van der Waals surface area contributed by atoms with Gasteiger partial charge in [0.15, 0.2) is 0 Å². The molecular weight excluding hydrogens is 591 g/mol. The molecule has 1 heteroatoms. The van der Waals surface area contributed by atoms with E-state index in [1.54, 1.807) is 0 Å². The third kappa shape index (κ3) is 9.51. The van der Waals surface area contributed by atoms with Gasteiger partial charge in [0.05, 0.1) is 6.04 Å². The lowest BCUT2D eigenvalue weighted by Gasteiger charge is -2.22. The maximum absolute atomic E-state index is 4.33. The Balaban J connectivity index is 1.95. The number of fused-ring (bicyclic) bond motifs is 2. The summed E-state index contributed by atoms with van der Waals surface area (Å²) in [7, 11) is 0. The molecule has 0 radical (unpaired) electrons. The largest absolute Gasteiger partial charge is 0.384 e. The molecule has 1 nitrogen and oxygen atoms in total. The van der Waals surface area contributed by atoms with Crippen LogP contribution in [0.4, 0.5) is 0 Å². The second-order valence-corrected chi connectivity index (χ2v) is 13.8. The third-order valence-electron chi connectivity index (χ3n) is 9.82. The van der Waals surface area contributed by atoms with Crippen LogP contribution in [0.2, 0.25) is 0 Å². The zero-order valence-electron chi connectivity index (χ0n) is 31.4. The number of dihydropyridines is 1. The highest BCUT2D eigenvalue weighted by atomic mass is 14.9. The quantitative estimate of drug-likeness (QED) is 0.144. The molecule has 1 aliphatic rings. The molecule has 0 aromatic heterocycles. The molecule has 0 bridgehead atoms. The average molecular weight is 648 g/mol. The molecule has 0 saturated carbocycles. The second-order valence-electron chi connectivity index (χ2n) is 13.8. The van der Waals surface area contributed by atoms with E-state index in [1.807, 2.05) is 12.3 Å². The van der Waals surface area contributed by atoms with Gasteiger partial charge in [-0.25, -0.2) is 0 Å². The normalized spacial score (nSPS) is 17.8. The molecule has 1 heterocycles. The second kappa shape index (κ2) is 17.7. The zero-order valence-corrected chi connectivity index (χ0v) is 31.4. The van der Waals surface area contributed by atoms with Crippen LogP contribution >= 0.6 is 0 Å². The van der Waals surface area contributed by atoms with Gasteiger partial charge >= 0.3 is 0 Å². The number of hydrogen-bond acceptors (Lipinski definition) is 1. The van der Waals surface area contributed by atoms with Gasteiger partial charge in [-0.3, -0.25) is 0 Å². The van der Waals surface area contributed by atoms with E-state index < -0.39 is 0 Å². The topological polar surface area (TPSA) is 12.0 Å². The van der Waals surface area contributed by atoms with Gasteiger partial charge in [-0.2, -0.15) is 0 Å². The SMILES string of the molecule is C=C\C(=C/C=C(C)/C(C)=C/C=C\C=C(/C)CC)c1c2cc(C)ccc2c(C(/C=C\C(C)C2C=CC=CN2)=C/C(C)CC)c2cc(C)ccc12. The molecule has 3 aromatic carbocycles. The molecule has 4 rings (SSSR count). The fourth-order valence-electron chi connectivity index (χ4n) is 6.16. The van der Waals surface area contributed by atoms with Gasteiger partial charge in [0, 0.05) is 0 Å². The van der Waals surface area contributed by atoms with Crippen LogP contribution in [-0.4, -0.2) is 6.04 Å². The molecule has 0 fully saturated rings. The molecular formula is C48H57N. The molecule has 3 atom stereocenters. The summed E-state index contributed by atoms with van der Waals surface area (Å²) in [4.78, 5) is 0. The Labute approximate surface area is 297 Å². The van der Waals surface area contributed by atoms with Gasteiger partial charge in [0.1, 0.15) is 0 Å². The Morgan fingerprint density at radius 3 is 1.96 bits per heavy atom. The Morgan fingerprint density at radius 1 is 0.776 bits per heavy atom. The summed E-state index contributed by atoms with van der Waals surface area (Å²) in [5.74, 6) is 0.776. The van der Waals surface area contributed by atoms with Gasteiger partial charge in [-0.1, -0.05) is 167 Å². The van der Waals surface area contributed by atoms with Crippen LogP contribution in [0, 0.1) is 25.7 Å². The summed E-state index contributed by atoms with van der Waals surface area (Å²) in [6.45, 7) is 24.3. The summed E-state index contributed by atoms with van der Waals surface area (Å²) < 4.78 is 0. The predicted molar refractivity (Wildman–Crippen MR) is 221 cm³/mol. The minimum atomic E-state index is 0.278. The molecule has 0 aliphatic carbocycles. The van der Waals surface area contributed by atoms with Gasteiger partial charge in [0.25, 0.3) is 0 Å². The average Bonchev–Trinajstić information content (AvgIpc) is 3.11. The molecule has 0 spiro atoms. The third-order valence-corrected chi connectivity index (χ3v) is 9.82. The van der Waals surface area contributed by atoms with Crippen molar-refractivity contribution in [1.29, 1.82) is 0 Å². The molecule has 3 unspecified atom stereocenters. The van der Waals surface area contributed by atoms with Crippen molar-refractivity contribution < 1.29 is 0 Å². The van der Waals surface area contributed by atoms with Gasteiger partial charge in [-0.15, -0.1) is 0 Å². The Kier molecular flexibility index (Phi) is 13.4. The minimum Gasteiger partial charge on any atom is -0.384 e. The number of allylic oxidation sites excluding steroid dienone is 16. The van der Waals surface area contributed by atoms with E-state index >= 15 is 0 Å².